The summed E-state index contributed by atoms with van der Waals surface area (Å²) in [7, 11) is 2.17. The van der Waals surface area contributed by atoms with Crippen LogP contribution in [0.3, 0.4) is 0 Å². The molecule has 1 aromatic rings. The summed E-state index contributed by atoms with van der Waals surface area (Å²) in [5.74, 6) is 1.13. The molecule has 0 atom stereocenters. The molecule has 3 nitrogen and oxygen atoms in total. The third-order valence-electron chi connectivity index (χ3n) is 2.83. The number of aromatic nitrogens is 1. The fraction of sp³-hybridized carbons (Fsp3) is 0.545. The lowest BCUT2D eigenvalue weighted by molar-refractivity contribution is 0.312. The van der Waals surface area contributed by atoms with E-state index in [1.54, 1.807) is 0 Å². The summed E-state index contributed by atoms with van der Waals surface area (Å²) in [4.78, 5) is 9.34. The number of aryl methyl sites for hydroxylation is 1. The Morgan fingerprint density at radius 1 is 1.20 bits per heavy atom. The van der Waals surface area contributed by atoms with Crippen molar-refractivity contribution in [2.24, 2.45) is 0 Å². The number of likely N-dealkylation sites (N-methyl/N-ethyl adjacent to an activating group) is 1. The van der Waals surface area contributed by atoms with Crippen LogP contribution in [0.5, 0.6) is 0 Å². The van der Waals surface area contributed by atoms with E-state index in [1.165, 1.54) is 3.57 Å². The van der Waals surface area contributed by atoms with E-state index in [0.717, 1.165) is 37.7 Å². The van der Waals surface area contributed by atoms with Crippen LogP contribution in [-0.4, -0.2) is 43.1 Å². The van der Waals surface area contributed by atoms with Crippen LogP contribution < -0.4 is 4.90 Å². The Balaban J connectivity index is 2.12. The summed E-state index contributed by atoms with van der Waals surface area (Å²) in [5.41, 5.74) is 1.13. The van der Waals surface area contributed by atoms with Crippen LogP contribution in [-0.2, 0) is 0 Å². The molecule has 1 aliphatic rings. The van der Waals surface area contributed by atoms with E-state index in [9.17, 15) is 0 Å². The van der Waals surface area contributed by atoms with Crippen LogP contribution in [0.4, 0.5) is 5.82 Å². The molecule has 1 saturated heterocycles. The molecule has 0 aliphatic carbocycles. The van der Waals surface area contributed by atoms with Crippen LogP contribution >= 0.6 is 22.6 Å². The Labute approximate surface area is 105 Å². The van der Waals surface area contributed by atoms with Gasteiger partial charge >= 0.3 is 0 Å². The lowest BCUT2D eigenvalue weighted by atomic mass is 10.3. The highest BCUT2D eigenvalue weighted by atomic mass is 127. The molecule has 0 N–H and O–H groups in total. The van der Waals surface area contributed by atoms with Crippen molar-refractivity contribution in [2.45, 2.75) is 6.92 Å². The summed E-state index contributed by atoms with van der Waals surface area (Å²) >= 11 is 2.33. The van der Waals surface area contributed by atoms with E-state index >= 15 is 0 Å². The van der Waals surface area contributed by atoms with Crippen LogP contribution in [0.1, 0.15) is 5.69 Å². The molecule has 0 amide bonds. The minimum Gasteiger partial charge on any atom is -0.354 e. The molecule has 0 spiro atoms. The zero-order chi connectivity index (χ0) is 10.8. The molecule has 2 rings (SSSR count). The Morgan fingerprint density at radius 3 is 2.47 bits per heavy atom. The number of hydrogen-bond donors (Lipinski definition) is 0. The molecule has 0 bridgehead atoms. The largest absolute Gasteiger partial charge is 0.354 e. The topological polar surface area (TPSA) is 19.4 Å². The Morgan fingerprint density at radius 2 is 1.87 bits per heavy atom. The van der Waals surface area contributed by atoms with Gasteiger partial charge in [0, 0.05) is 29.7 Å². The SMILES string of the molecule is Cc1nc(N2CCN(C)CC2)ccc1I. The van der Waals surface area contributed by atoms with Crippen LogP contribution in [0, 0.1) is 10.5 Å². The number of piperazine rings is 1. The summed E-state index contributed by atoms with van der Waals surface area (Å²) < 4.78 is 1.24. The number of pyridine rings is 1. The maximum absolute atomic E-state index is 4.62. The van der Waals surface area contributed by atoms with Crippen molar-refractivity contribution in [3.05, 3.63) is 21.4 Å². The quantitative estimate of drug-likeness (QED) is 0.736. The first-order chi connectivity index (χ1) is 7.16. The number of halogens is 1. The van der Waals surface area contributed by atoms with Crippen LogP contribution in [0.25, 0.3) is 0 Å². The molecule has 1 fully saturated rings. The van der Waals surface area contributed by atoms with Gasteiger partial charge in [-0.25, -0.2) is 4.98 Å². The second kappa shape index (κ2) is 4.65. The van der Waals surface area contributed by atoms with Gasteiger partial charge in [-0.1, -0.05) is 0 Å². The molecule has 2 heterocycles. The number of rotatable bonds is 1. The second-order valence-corrected chi connectivity index (χ2v) is 5.19. The molecule has 1 aromatic heterocycles. The lowest BCUT2D eigenvalue weighted by Crippen LogP contribution is -2.44. The summed E-state index contributed by atoms with van der Waals surface area (Å²) in [6.45, 7) is 6.51. The van der Waals surface area contributed by atoms with Crippen LogP contribution in [0.2, 0.25) is 0 Å². The predicted octanol–water partition coefficient (Wildman–Crippen LogP) is 1.75. The Bertz CT molecular complexity index is 346. The van der Waals surface area contributed by atoms with Crippen molar-refractivity contribution in [3.8, 4) is 0 Å². The minimum absolute atomic E-state index is 1.09. The van der Waals surface area contributed by atoms with Crippen molar-refractivity contribution in [1.82, 2.24) is 9.88 Å². The van der Waals surface area contributed by atoms with Crippen molar-refractivity contribution >= 4 is 28.4 Å². The highest BCUT2D eigenvalue weighted by Crippen LogP contribution is 2.17. The van der Waals surface area contributed by atoms with E-state index in [4.69, 9.17) is 0 Å². The zero-order valence-corrected chi connectivity index (χ0v) is 11.4. The summed E-state index contributed by atoms with van der Waals surface area (Å²) in [6.07, 6.45) is 0. The first-order valence-corrected chi connectivity index (χ1v) is 6.31. The normalized spacial score (nSPS) is 18.2. The molecule has 0 radical (unpaired) electrons. The van der Waals surface area contributed by atoms with Gasteiger partial charge in [-0.15, -0.1) is 0 Å². The lowest BCUT2D eigenvalue weighted by Gasteiger charge is -2.33. The molecule has 15 heavy (non-hydrogen) atoms. The van der Waals surface area contributed by atoms with Gasteiger partial charge in [0.05, 0.1) is 5.69 Å². The molecule has 0 aromatic carbocycles. The minimum atomic E-state index is 1.09. The highest BCUT2D eigenvalue weighted by molar-refractivity contribution is 14.1. The summed E-state index contributed by atoms with van der Waals surface area (Å²) in [6, 6.07) is 4.27. The zero-order valence-electron chi connectivity index (χ0n) is 9.20. The third kappa shape index (κ3) is 2.60. The van der Waals surface area contributed by atoms with Gasteiger partial charge < -0.3 is 9.80 Å². The summed E-state index contributed by atoms with van der Waals surface area (Å²) in [5, 5.41) is 0. The maximum atomic E-state index is 4.62. The maximum Gasteiger partial charge on any atom is 0.128 e. The fourth-order valence-electron chi connectivity index (χ4n) is 1.74. The van der Waals surface area contributed by atoms with E-state index in [0.29, 0.717) is 0 Å². The van der Waals surface area contributed by atoms with Crippen molar-refractivity contribution in [3.63, 3.8) is 0 Å². The predicted molar refractivity (Wildman–Crippen MR) is 71.4 cm³/mol. The Kier molecular flexibility index (Phi) is 3.45. The molecular weight excluding hydrogens is 301 g/mol. The molecule has 82 valence electrons. The number of anilines is 1. The second-order valence-electron chi connectivity index (χ2n) is 4.03. The molecular formula is C11H16IN3. The molecule has 0 saturated carbocycles. The van der Waals surface area contributed by atoms with E-state index in [-0.39, 0.29) is 0 Å². The number of hydrogen-bond acceptors (Lipinski definition) is 3. The van der Waals surface area contributed by atoms with Gasteiger partial charge in [0.25, 0.3) is 0 Å². The van der Waals surface area contributed by atoms with Gasteiger partial charge in [-0.05, 0) is 48.7 Å². The van der Waals surface area contributed by atoms with Gasteiger partial charge in [-0.2, -0.15) is 0 Å². The van der Waals surface area contributed by atoms with Crippen molar-refractivity contribution < 1.29 is 0 Å². The highest BCUT2D eigenvalue weighted by Gasteiger charge is 2.15. The van der Waals surface area contributed by atoms with E-state index in [1.807, 2.05) is 0 Å². The van der Waals surface area contributed by atoms with E-state index in [2.05, 4.69) is 63.5 Å². The average Bonchev–Trinajstić information content (AvgIpc) is 2.23. The van der Waals surface area contributed by atoms with Crippen LogP contribution in [0.15, 0.2) is 12.1 Å². The number of nitrogens with zero attached hydrogens (tertiary/aromatic N) is 3. The third-order valence-corrected chi connectivity index (χ3v) is 3.97. The first-order valence-electron chi connectivity index (χ1n) is 5.23. The first kappa shape index (κ1) is 11.1. The van der Waals surface area contributed by atoms with Gasteiger partial charge in [0.15, 0.2) is 0 Å². The standard InChI is InChI=1S/C11H16IN3/c1-9-10(12)3-4-11(13-9)15-7-5-14(2)6-8-15/h3-4H,5-8H2,1-2H3. The molecule has 0 unspecified atom stereocenters. The smallest absolute Gasteiger partial charge is 0.128 e. The fourth-order valence-corrected chi connectivity index (χ4v) is 2.04. The monoisotopic (exact) mass is 317 g/mol. The van der Waals surface area contributed by atoms with Crippen molar-refractivity contribution in [1.29, 1.82) is 0 Å². The van der Waals surface area contributed by atoms with Crippen molar-refractivity contribution in [2.75, 3.05) is 38.1 Å². The molecule has 4 heteroatoms. The van der Waals surface area contributed by atoms with Gasteiger partial charge in [-0.3, -0.25) is 0 Å². The van der Waals surface area contributed by atoms with Gasteiger partial charge in [0.1, 0.15) is 5.82 Å². The Hall–Kier alpha value is -0.360. The van der Waals surface area contributed by atoms with Gasteiger partial charge in [0.2, 0.25) is 0 Å². The molecule has 1 aliphatic heterocycles. The van der Waals surface area contributed by atoms with E-state index < -0.39 is 0 Å². The average molecular weight is 317 g/mol.